The molecule has 0 spiro atoms. The molecule has 2 aliphatic rings. The van der Waals surface area contributed by atoms with Crippen molar-refractivity contribution in [1.29, 1.82) is 0 Å². The molecule has 32 heavy (non-hydrogen) atoms. The number of nitrogens with one attached hydrogen (secondary N) is 1. The predicted molar refractivity (Wildman–Crippen MR) is 119 cm³/mol. The number of carbonyl (C=O) groups is 2. The Bertz CT molecular complexity index is 1090. The van der Waals surface area contributed by atoms with Gasteiger partial charge in [0.15, 0.2) is 17.3 Å². The number of Topliss-reactive ketones (excluding diaryl/α,β-unsaturated/α-hetero) is 1. The average Bonchev–Trinajstić information content (AvgIpc) is 2.82. The lowest BCUT2D eigenvalue weighted by Crippen LogP contribution is -2.38. The van der Waals surface area contributed by atoms with E-state index in [-0.39, 0.29) is 29.9 Å². The third-order valence-electron chi connectivity index (χ3n) is 6.22. The Morgan fingerprint density at radius 2 is 1.50 bits per heavy atom. The zero-order valence-corrected chi connectivity index (χ0v) is 18.7. The number of hydrogen-bond donors (Lipinski definition) is 1. The van der Waals surface area contributed by atoms with Gasteiger partial charge >= 0.3 is 0 Å². The second-order valence-corrected chi connectivity index (χ2v) is 7.95. The summed E-state index contributed by atoms with van der Waals surface area (Å²) in [4.78, 5) is 26.0. The summed E-state index contributed by atoms with van der Waals surface area (Å²) in [6.45, 7) is 0. The van der Waals surface area contributed by atoms with Gasteiger partial charge in [0.1, 0.15) is 11.5 Å². The number of carbonyl (C=O) groups excluding carboxylic acids is 2. The number of methoxy groups -OCH3 is 4. The standard InChI is InChI=1S/C25H27NO6/c1-29-16-6-8-21(30-2)17(12-16)15-9-19-25(20(27)10-15)18(13-24(28)26-19)14-5-7-22(31-3)23(11-14)32-4/h5-8,11-12,15,18H,9-10,13H2,1-4H3,(H,26,28)/t15-,18+/m0/s1. The maximum absolute atomic E-state index is 13.4. The molecule has 0 radical (unpaired) electrons. The minimum atomic E-state index is -0.320. The van der Waals surface area contributed by atoms with Crippen molar-refractivity contribution >= 4 is 11.7 Å². The van der Waals surface area contributed by atoms with Crippen LogP contribution in [-0.4, -0.2) is 40.1 Å². The zero-order chi connectivity index (χ0) is 22.8. The van der Waals surface area contributed by atoms with Crippen molar-refractivity contribution in [1.82, 2.24) is 5.32 Å². The molecule has 1 aliphatic carbocycles. The number of benzene rings is 2. The molecule has 7 nitrogen and oxygen atoms in total. The summed E-state index contributed by atoms with van der Waals surface area (Å²) in [7, 11) is 6.35. The van der Waals surface area contributed by atoms with Crippen molar-refractivity contribution in [3.8, 4) is 23.0 Å². The molecule has 0 saturated carbocycles. The molecule has 0 aromatic heterocycles. The van der Waals surface area contributed by atoms with Gasteiger partial charge in [-0.25, -0.2) is 0 Å². The first kappa shape index (κ1) is 21.7. The Kier molecular flexibility index (Phi) is 6.08. The van der Waals surface area contributed by atoms with E-state index in [1.54, 1.807) is 34.5 Å². The van der Waals surface area contributed by atoms with Crippen molar-refractivity contribution in [3.05, 3.63) is 58.8 Å². The van der Waals surface area contributed by atoms with Crippen LogP contribution >= 0.6 is 0 Å². The van der Waals surface area contributed by atoms with Crippen LogP contribution in [0.4, 0.5) is 0 Å². The lowest BCUT2D eigenvalue weighted by atomic mass is 9.73. The molecular weight excluding hydrogens is 410 g/mol. The van der Waals surface area contributed by atoms with Crippen molar-refractivity contribution in [2.45, 2.75) is 31.1 Å². The van der Waals surface area contributed by atoms with Gasteiger partial charge in [-0.1, -0.05) is 6.07 Å². The molecule has 1 heterocycles. The summed E-state index contributed by atoms with van der Waals surface area (Å²) < 4.78 is 21.7. The molecule has 0 saturated heterocycles. The van der Waals surface area contributed by atoms with Crippen LogP contribution in [0.15, 0.2) is 47.7 Å². The molecule has 1 N–H and O–H groups in total. The van der Waals surface area contributed by atoms with E-state index in [1.807, 2.05) is 30.3 Å². The highest BCUT2D eigenvalue weighted by Crippen LogP contribution is 2.46. The normalized spacial score (nSPS) is 20.4. The molecule has 168 valence electrons. The van der Waals surface area contributed by atoms with Crippen LogP contribution in [0.25, 0.3) is 0 Å². The van der Waals surface area contributed by atoms with Crippen molar-refractivity contribution in [3.63, 3.8) is 0 Å². The van der Waals surface area contributed by atoms with Crippen LogP contribution in [0, 0.1) is 0 Å². The van der Waals surface area contributed by atoms with E-state index >= 15 is 0 Å². The third kappa shape index (κ3) is 3.90. The summed E-state index contributed by atoms with van der Waals surface area (Å²) in [5.41, 5.74) is 3.12. The number of hydrogen-bond acceptors (Lipinski definition) is 6. The quantitative estimate of drug-likeness (QED) is 0.742. The summed E-state index contributed by atoms with van der Waals surface area (Å²) in [5.74, 6) is 2.06. The number of ketones is 1. The van der Waals surface area contributed by atoms with E-state index in [2.05, 4.69) is 5.32 Å². The number of allylic oxidation sites excluding steroid dienone is 2. The first-order valence-electron chi connectivity index (χ1n) is 10.5. The monoisotopic (exact) mass is 437 g/mol. The lowest BCUT2D eigenvalue weighted by Gasteiger charge is -2.35. The average molecular weight is 437 g/mol. The Balaban J connectivity index is 1.73. The van der Waals surface area contributed by atoms with Crippen LogP contribution in [0.2, 0.25) is 0 Å². The zero-order valence-electron chi connectivity index (χ0n) is 18.7. The second-order valence-electron chi connectivity index (χ2n) is 7.95. The van der Waals surface area contributed by atoms with Gasteiger partial charge in [-0.15, -0.1) is 0 Å². The SMILES string of the molecule is COc1ccc(OC)c([C@@H]2CC(=O)C3=C(C2)NC(=O)C[C@@H]3c2ccc(OC)c(OC)c2)c1. The molecule has 1 aliphatic heterocycles. The Labute approximate surface area is 187 Å². The molecule has 7 heteroatoms. The van der Waals surface area contributed by atoms with E-state index < -0.39 is 0 Å². The summed E-state index contributed by atoms with van der Waals surface area (Å²) in [6, 6.07) is 11.1. The number of rotatable bonds is 6. The second kappa shape index (κ2) is 8.94. The van der Waals surface area contributed by atoms with Crippen molar-refractivity contribution in [2.24, 2.45) is 0 Å². The minimum absolute atomic E-state index is 0.0286. The van der Waals surface area contributed by atoms with E-state index in [0.717, 1.165) is 11.1 Å². The Morgan fingerprint density at radius 3 is 2.19 bits per heavy atom. The van der Waals surface area contributed by atoms with Crippen LogP contribution in [0.5, 0.6) is 23.0 Å². The fraction of sp³-hybridized carbons (Fsp3) is 0.360. The highest BCUT2D eigenvalue weighted by atomic mass is 16.5. The number of amides is 1. The maximum atomic E-state index is 13.4. The summed E-state index contributed by atoms with van der Waals surface area (Å²) in [5, 5.41) is 2.96. The maximum Gasteiger partial charge on any atom is 0.225 e. The van der Waals surface area contributed by atoms with E-state index in [4.69, 9.17) is 18.9 Å². The highest BCUT2D eigenvalue weighted by Gasteiger charge is 2.39. The third-order valence-corrected chi connectivity index (χ3v) is 6.22. The van der Waals surface area contributed by atoms with Gasteiger partial charge in [-0.3, -0.25) is 9.59 Å². The number of ether oxygens (including phenoxy) is 4. The largest absolute Gasteiger partial charge is 0.497 e. The molecule has 0 fully saturated rings. The summed E-state index contributed by atoms with van der Waals surface area (Å²) >= 11 is 0. The highest BCUT2D eigenvalue weighted by molar-refractivity contribution is 6.02. The lowest BCUT2D eigenvalue weighted by molar-refractivity contribution is -0.122. The first-order chi connectivity index (χ1) is 15.5. The van der Waals surface area contributed by atoms with Crippen molar-refractivity contribution < 1.29 is 28.5 Å². The van der Waals surface area contributed by atoms with Gasteiger partial charge < -0.3 is 24.3 Å². The van der Waals surface area contributed by atoms with Crippen LogP contribution < -0.4 is 24.3 Å². The van der Waals surface area contributed by atoms with Gasteiger partial charge in [0.2, 0.25) is 5.91 Å². The molecule has 1 amide bonds. The minimum Gasteiger partial charge on any atom is -0.497 e. The topological polar surface area (TPSA) is 83.1 Å². The molecular formula is C25H27NO6. The predicted octanol–water partition coefficient (Wildman–Crippen LogP) is 3.73. The molecule has 0 unspecified atom stereocenters. The molecule has 2 aromatic carbocycles. The fourth-order valence-electron chi connectivity index (χ4n) is 4.69. The van der Waals surface area contributed by atoms with E-state index in [9.17, 15) is 9.59 Å². The fourth-order valence-corrected chi connectivity index (χ4v) is 4.69. The van der Waals surface area contributed by atoms with Gasteiger partial charge in [-0.2, -0.15) is 0 Å². The van der Waals surface area contributed by atoms with E-state index in [0.29, 0.717) is 47.1 Å². The summed E-state index contributed by atoms with van der Waals surface area (Å²) in [6.07, 6.45) is 1.09. The van der Waals surface area contributed by atoms with Gasteiger partial charge in [0.05, 0.1) is 28.4 Å². The molecule has 2 atom stereocenters. The van der Waals surface area contributed by atoms with Gasteiger partial charge in [0, 0.05) is 41.5 Å². The Morgan fingerprint density at radius 1 is 0.781 bits per heavy atom. The molecule has 4 rings (SSSR count). The van der Waals surface area contributed by atoms with Crippen LogP contribution in [0.3, 0.4) is 0 Å². The molecule has 2 aromatic rings. The van der Waals surface area contributed by atoms with Gasteiger partial charge in [0.25, 0.3) is 0 Å². The van der Waals surface area contributed by atoms with Gasteiger partial charge in [-0.05, 0) is 42.3 Å². The van der Waals surface area contributed by atoms with E-state index in [1.165, 1.54) is 0 Å². The van der Waals surface area contributed by atoms with Crippen LogP contribution in [-0.2, 0) is 9.59 Å². The van der Waals surface area contributed by atoms with Crippen LogP contribution in [0.1, 0.15) is 42.2 Å². The Hall–Kier alpha value is -3.48. The smallest absolute Gasteiger partial charge is 0.225 e. The van der Waals surface area contributed by atoms with Crippen molar-refractivity contribution in [2.75, 3.05) is 28.4 Å². The molecule has 0 bridgehead atoms. The first-order valence-corrected chi connectivity index (χ1v) is 10.5.